The predicted octanol–water partition coefficient (Wildman–Crippen LogP) is 2.62. The van der Waals surface area contributed by atoms with Crippen LogP contribution in [0.15, 0.2) is 59.4 Å². The molecule has 138 valence electrons. The van der Waals surface area contributed by atoms with Crippen molar-refractivity contribution in [2.45, 2.75) is 13.0 Å². The Morgan fingerprint density at radius 3 is 2.85 bits per heavy atom. The first-order valence-corrected chi connectivity index (χ1v) is 8.96. The maximum atomic E-state index is 12.3. The summed E-state index contributed by atoms with van der Waals surface area (Å²) in [5.41, 5.74) is 1.79. The SMILES string of the molecule is CN(Cc1nc(-c2cccnc2)no1)CC1CC(=O)N(c2ccccc2)C1. The zero-order valence-corrected chi connectivity index (χ0v) is 15.2. The number of rotatable bonds is 6. The van der Waals surface area contributed by atoms with Gasteiger partial charge in [0, 0.05) is 43.2 Å². The Balaban J connectivity index is 1.34. The lowest BCUT2D eigenvalue weighted by molar-refractivity contribution is -0.117. The van der Waals surface area contributed by atoms with Gasteiger partial charge in [-0.15, -0.1) is 0 Å². The number of pyridine rings is 1. The van der Waals surface area contributed by atoms with Crippen molar-refractivity contribution in [2.75, 3.05) is 25.0 Å². The zero-order valence-electron chi connectivity index (χ0n) is 15.2. The van der Waals surface area contributed by atoms with E-state index >= 15 is 0 Å². The number of amides is 1. The lowest BCUT2D eigenvalue weighted by atomic mass is 10.1. The van der Waals surface area contributed by atoms with Crippen molar-refractivity contribution < 1.29 is 9.32 Å². The highest BCUT2D eigenvalue weighted by Gasteiger charge is 2.31. The lowest BCUT2D eigenvalue weighted by Gasteiger charge is -2.20. The molecule has 1 aromatic carbocycles. The fraction of sp³-hybridized carbons (Fsp3) is 0.300. The molecule has 0 saturated carbocycles. The molecule has 0 aliphatic carbocycles. The molecule has 7 nitrogen and oxygen atoms in total. The number of anilines is 1. The van der Waals surface area contributed by atoms with E-state index in [1.54, 1.807) is 12.4 Å². The molecule has 0 spiro atoms. The second kappa shape index (κ2) is 7.67. The molecule has 1 aliphatic rings. The topological polar surface area (TPSA) is 75.4 Å². The first kappa shape index (κ1) is 17.4. The van der Waals surface area contributed by atoms with E-state index in [4.69, 9.17) is 4.52 Å². The average Bonchev–Trinajstić information content (AvgIpc) is 3.29. The predicted molar refractivity (Wildman–Crippen MR) is 101 cm³/mol. The number of nitrogens with zero attached hydrogens (tertiary/aromatic N) is 5. The third kappa shape index (κ3) is 4.03. The Hall–Kier alpha value is -3.06. The van der Waals surface area contributed by atoms with Crippen LogP contribution in [0.2, 0.25) is 0 Å². The van der Waals surface area contributed by atoms with Crippen LogP contribution in [0.4, 0.5) is 5.69 Å². The minimum atomic E-state index is 0.177. The van der Waals surface area contributed by atoms with E-state index in [0.29, 0.717) is 24.7 Å². The lowest BCUT2D eigenvalue weighted by Crippen LogP contribution is -2.28. The fourth-order valence-electron chi connectivity index (χ4n) is 3.43. The van der Waals surface area contributed by atoms with E-state index in [1.807, 2.05) is 54.4 Å². The molecule has 7 heteroatoms. The van der Waals surface area contributed by atoms with E-state index in [9.17, 15) is 4.79 Å². The monoisotopic (exact) mass is 363 g/mol. The molecule has 0 radical (unpaired) electrons. The van der Waals surface area contributed by atoms with Crippen LogP contribution >= 0.6 is 0 Å². The molecule has 0 N–H and O–H groups in total. The number of carbonyl (C=O) groups excluding carboxylic acids is 1. The van der Waals surface area contributed by atoms with Gasteiger partial charge >= 0.3 is 0 Å². The van der Waals surface area contributed by atoms with Crippen molar-refractivity contribution in [1.29, 1.82) is 0 Å². The van der Waals surface area contributed by atoms with E-state index < -0.39 is 0 Å². The van der Waals surface area contributed by atoms with E-state index in [-0.39, 0.29) is 11.8 Å². The highest BCUT2D eigenvalue weighted by Crippen LogP contribution is 2.25. The molecular formula is C20H21N5O2. The van der Waals surface area contributed by atoms with Crippen molar-refractivity contribution in [1.82, 2.24) is 20.0 Å². The van der Waals surface area contributed by atoms with Gasteiger partial charge in [-0.05, 0) is 37.2 Å². The van der Waals surface area contributed by atoms with Crippen LogP contribution in [0, 0.1) is 5.92 Å². The van der Waals surface area contributed by atoms with Crippen molar-refractivity contribution >= 4 is 11.6 Å². The molecule has 1 aliphatic heterocycles. The number of carbonyl (C=O) groups is 1. The molecular weight excluding hydrogens is 342 g/mol. The quantitative estimate of drug-likeness (QED) is 0.670. The van der Waals surface area contributed by atoms with Crippen LogP contribution in [0.1, 0.15) is 12.3 Å². The highest BCUT2D eigenvalue weighted by molar-refractivity contribution is 5.95. The molecule has 1 amide bonds. The van der Waals surface area contributed by atoms with Crippen molar-refractivity contribution in [3.8, 4) is 11.4 Å². The summed E-state index contributed by atoms with van der Waals surface area (Å²) in [6, 6.07) is 13.6. The van der Waals surface area contributed by atoms with Gasteiger partial charge in [0.2, 0.25) is 17.6 Å². The van der Waals surface area contributed by atoms with Crippen LogP contribution in [0.3, 0.4) is 0 Å². The van der Waals surface area contributed by atoms with Gasteiger partial charge in [0.15, 0.2) is 0 Å². The molecule has 4 rings (SSSR count). The van der Waals surface area contributed by atoms with Gasteiger partial charge in [0.1, 0.15) is 0 Å². The molecule has 1 saturated heterocycles. The molecule has 2 aromatic heterocycles. The van der Waals surface area contributed by atoms with E-state index in [0.717, 1.165) is 24.3 Å². The molecule has 1 fully saturated rings. The summed E-state index contributed by atoms with van der Waals surface area (Å²) in [5.74, 6) is 1.55. The summed E-state index contributed by atoms with van der Waals surface area (Å²) in [7, 11) is 2.00. The summed E-state index contributed by atoms with van der Waals surface area (Å²) in [6.45, 7) is 2.07. The number of para-hydroxylation sites is 1. The van der Waals surface area contributed by atoms with Crippen molar-refractivity contribution in [3.05, 3.63) is 60.7 Å². The van der Waals surface area contributed by atoms with Gasteiger partial charge in [-0.1, -0.05) is 23.4 Å². The number of benzene rings is 1. The summed E-state index contributed by atoms with van der Waals surface area (Å²) < 4.78 is 5.36. The zero-order chi connectivity index (χ0) is 18.6. The van der Waals surface area contributed by atoms with Crippen LogP contribution in [-0.4, -0.2) is 46.1 Å². The molecule has 1 unspecified atom stereocenters. The Kier molecular flexibility index (Phi) is 4.93. The van der Waals surface area contributed by atoms with Gasteiger partial charge in [0.25, 0.3) is 0 Å². The fourth-order valence-corrected chi connectivity index (χ4v) is 3.43. The molecule has 0 bridgehead atoms. The Bertz CT molecular complexity index is 897. The Labute approximate surface area is 157 Å². The van der Waals surface area contributed by atoms with Crippen LogP contribution in [0.25, 0.3) is 11.4 Å². The van der Waals surface area contributed by atoms with Crippen molar-refractivity contribution in [2.24, 2.45) is 5.92 Å². The number of aromatic nitrogens is 3. The van der Waals surface area contributed by atoms with Gasteiger partial charge < -0.3 is 9.42 Å². The first-order valence-electron chi connectivity index (χ1n) is 8.96. The Morgan fingerprint density at radius 1 is 1.22 bits per heavy atom. The minimum Gasteiger partial charge on any atom is -0.338 e. The normalized spacial score (nSPS) is 17.0. The second-order valence-electron chi connectivity index (χ2n) is 6.86. The van der Waals surface area contributed by atoms with Crippen LogP contribution in [0.5, 0.6) is 0 Å². The van der Waals surface area contributed by atoms with Crippen molar-refractivity contribution in [3.63, 3.8) is 0 Å². The number of hydrogen-bond acceptors (Lipinski definition) is 6. The van der Waals surface area contributed by atoms with Gasteiger partial charge in [-0.25, -0.2) is 0 Å². The third-order valence-electron chi connectivity index (χ3n) is 4.64. The minimum absolute atomic E-state index is 0.177. The smallest absolute Gasteiger partial charge is 0.241 e. The van der Waals surface area contributed by atoms with Gasteiger partial charge in [-0.2, -0.15) is 4.98 Å². The molecule has 3 heterocycles. The third-order valence-corrected chi connectivity index (χ3v) is 4.64. The number of hydrogen-bond donors (Lipinski definition) is 0. The molecule has 27 heavy (non-hydrogen) atoms. The first-order chi connectivity index (χ1) is 13.2. The standard InChI is InChI=1S/C20H21N5O2/c1-24(14-18-22-20(23-27-18)16-6-5-9-21-11-16)12-15-10-19(26)25(13-15)17-7-3-2-4-8-17/h2-9,11,15H,10,12-14H2,1H3. The molecule has 1 atom stereocenters. The second-order valence-corrected chi connectivity index (χ2v) is 6.86. The summed E-state index contributed by atoms with van der Waals surface area (Å²) >= 11 is 0. The van der Waals surface area contributed by atoms with Gasteiger partial charge in [0.05, 0.1) is 6.54 Å². The highest BCUT2D eigenvalue weighted by atomic mass is 16.5. The largest absolute Gasteiger partial charge is 0.338 e. The van der Waals surface area contributed by atoms with Crippen LogP contribution in [-0.2, 0) is 11.3 Å². The van der Waals surface area contributed by atoms with E-state index in [2.05, 4.69) is 20.0 Å². The Morgan fingerprint density at radius 2 is 2.07 bits per heavy atom. The van der Waals surface area contributed by atoms with E-state index in [1.165, 1.54) is 0 Å². The summed E-state index contributed by atoms with van der Waals surface area (Å²) in [4.78, 5) is 24.8. The maximum absolute atomic E-state index is 12.3. The summed E-state index contributed by atoms with van der Waals surface area (Å²) in [5, 5.41) is 4.02. The average molecular weight is 363 g/mol. The van der Waals surface area contributed by atoms with Crippen LogP contribution < -0.4 is 4.90 Å². The maximum Gasteiger partial charge on any atom is 0.241 e. The summed E-state index contributed by atoms with van der Waals surface area (Å²) in [6.07, 6.45) is 3.98. The van der Waals surface area contributed by atoms with Gasteiger partial charge in [-0.3, -0.25) is 14.7 Å². The molecule has 3 aromatic rings.